The minimum Gasteiger partial charge on any atom is -0.338 e. The lowest BCUT2D eigenvalue weighted by Gasteiger charge is -2.09. The SMILES string of the molecule is N#Cc1cccc(-c2nc(N3CCCC3)no2)c1. The lowest BCUT2D eigenvalue weighted by atomic mass is 10.1. The van der Waals surface area contributed by atoms with Crippen molar-refractivity contribution in [3.63, 3.8) is 0 Å². The molecule has 1 aromatic carbocycles. The number of rotatable bonds is 2. The summed E-state index contributed by atoms with van der Waals surface area (Å²) in [6.07, 6.45) is 2.35. The quantitative estimate of drug-likeness (QED) is 0.805. The Bertz CT molecular complexity index is 593. The molecule has 2 aromatic rings. The van der Waals surface area contributed by atoms with E-state index in [4.69, 9.17) is 9.78 Å². The summed E-state index contributed by atoms with van der Waals surface area (Å²) in [5, 5.41) is 12.8. The Balaban J connectivity index is 1.90. The summed E-state index contributed by atoms with van der Waals surface area (Å²) >= 11 is 0. The van der Waals surface area contributed by atoms with E-state index < -0.39 is 0 Å². The van der Waals surface area contributed by atoms with E-state index in [0.717, 1.165) is 18.7 Å². The first kappa shape index (κ1) is 10.8. The predicted molar refractivity (Wildman–Crippen MR) is 65.9 cm³/mol. The van der Waals surface area contributed by atoms with E-state index in [0.29, 0.717) is 17.4 Å². The average Bonchev–Trinajstić information content (AvgIpc) is 3.09. The lowest BCUT2D eigenvalue weighted by Crippen LogP contribution is -2.18. The molecule has 0 amide bonds. The molecule has 0 bridgehead atoms. The van der Waals surface area contributed by atoms with Crippen LogP contribution in [0.15, 0.2) is 28.8 Å². The molecule has 1 aliphatic heterocycles. The first-order valence-electron chi connectivity index (χ1n) is 5.96. The highest BCUT2D eigenvalue weighted by Crippen LogP contribution is 2.23. The zero-order chi connectivity index (χ0) is 12.4. The van der Waals surface area contributed by atoms with Crippen molar-refractivity contribution in [1.82, 2.24) is 10.1 Å². The van der Waals surface area contributed by atoms with E-state index in [1.54, 1.807) is 12.1 Å². The monoisotopic (exact) mass is 240 g/mol. The van der Waals surface area contributed by atoms with Crippen LogP contribution in [0.1, 0.15) is 18.4 Å². The molecule has 2 heterocycles. The summed E-state index contributed by atoms with van der Waals surface area (Å²) in [6.45, 7) is 1.97. The molecule has 3 rings (SSSR count). The van der Waals surface area contributed by atoms with E-state index in [-0.39, 0.29) is 0 Å². The van der Waals surface area contributed by atoms with Crippen LogP contribution in [0.25, 0.3) is 11.5 Å². The maximum absolute atomic E-state index is 8.86. The van der Waals surface area contributed by atoms with Crippen LogP contribution in [-0.2, 0) is 0 Å². The molecule has 1 fully saturated rings. The number of anilines is 1. The summed E-state index contributed by atoms with van der Waals surface area (Å²) in [7, 11) is 0. The van der Waals surface area contributed by atoms with Crippen LogP contribution in [0, 0.1) is 11.3 Å². The van der Waals surface area contributed by atoms with Crippen LogP contribution in [0.5, 0.6) is 0 Å². The summed E-state index contributed by atoms with van der Waals surface area (Å²) in [6, 6.07) is 9.28. The van der Waals surface area contributed by atoms with Gasteiger partial charge in [-0.05, 0) is 36.2 Å². The fourth-order valence-corrected chi connectivity index (χ4v) is 2.10. The van der Waals surface area contributed by atoms with Crippen LogP contribution in [0.2, 0.25) is 0 Å². The molecular weight excluding hydrogens is 228 g/mol. The van der Waals surface area contributed by atoms with E-state index in [1.807, 2.05) is 12.1 Å². The van der Waals surface area contributed by atoms with Crippen molar-refractivity contribution >= 4 is 5.95 Å². The molecule has 0 spiro atoms. The van der Waals surface area contributed by atoms with Gasteiger partial charge in [0, 0.05) is 18.7 Å². The van der Waals surface area contributed by atoms with Crippen LogP contribution in [0.3, 0.4) is 0 Å². The van der Waals surface area contributed by atoms with E-state index in [9.17, 15) is 0 Å². The Labute approximate surface area is 105 Å². The van der Waals surface area contributed by atoms with E-state index in [2.05, 4.69) is 21.1 Å². The smallest absolute Gasteiger partial charge is 0.266 e. The molecule has 1 saturated heterocycles. The first-order chi connectivity index (χ1) is 8.86. The van der Waals surface area contributed by atoms with Gasteiger partial charge in [0.05, 0.1) is 11.6 Å². The topological polar surface area (TPSA) is 66.0 Å². The van der Waals surface area contributed by atoms with Crippen molar-refractivity contribution in [3.05, 3.63) is 29.8 Å². The maximum atomic E-state index is 8.86. The lowest BCUT2D eigenvalue weighted by molar-refractivity contribution is 0.430. The van der Waals surface area contributed by atoms with Gasteiger partial charge in [-0.2, -0.15) is 10.2 Å². The van der Waals surface area contributed by atoms with Crippen LogP contribution in [0.4, 0.5) is 5.95 Å². The van der Waals surface area contributed by atoms with Crippen molar-refractivity contribution in [3.8, 4) is 17.5 Å². The van der Waals surface area contributed by atoms with Gasteiger partial charge in [0.1, 0.15) is 0 Å². The van der Waals surface area contributed by atoms with E-state index >= 15 is 0 Å². The highest BCUT2D eigenvalue weighted by atomic mass is 16.5. The Morgan fingerprint density at radius 3 is 2.89 bits per heavy atom. The van der Waals surface area contributed by atoms with Crippen molar-refractivity contribution in [1.29, 1.82) is 5.26 Å². The standard InChI is InChI=1S/C13H12N4O/c14-9-10-4-3-5-11(8-10)12-15-13(16-18-12)17-6-1-2-7-17/h3-5,8H,1-2,6-7H2. The number of hydrogen-bond acceptors (Lipinski definition) is 5. The van der Waals surface area contributed by atoms with Crippen LogP contribution >= 0.6 is 0 Å². The minimum atomic E-state index is 0.467. The normalized spacial score (nSPS) is 14.7. The Morgan fingerprint density at radius 2 is 2.11 bits per heavy atom. The Hall–Kier alpha value is -2.35. The Morgan fingerprint density at radius 1 is 1.28 bits per heavy atom. The van der Waals surface area contributed by atoms with Gasteiger partial charge >= 0.3 is 0 Å². The number of hydrogen-bond donors (Lipinski definition) is 0. The second-order valence-corrected chi connectivity index (χ2v) is 4.29. The molecule has 0 N–H and O–H groups in total. The molecule has 0 radical (unpaired) electrons. The summed E-state index contributed by atoms with van der Waals surface area (Å²) in [5.74, 6) is 1.11. The van der Waals surface area contributed by atoms with Crippen molar-refractivity contribution in [2.75, 3.05) is 18.0 Å². The summed E-state index contributed by atoms with van der Waals surface area (Å²) in [4.78, 5) is 6.49. The van der Waals surface area contributed by atoms with Gasteiger partial charge in [0.2, 0.25) is 0 Å². The highest BCUT2D eigenvalue weighted by molar-refractivity contribution is 5.57. The fourth-order valence-electron chi connectivity index (χ4n) is 2.10. The minimum absolute atomic E-state index is 0.467. The van der Waals surface area contributed by atoms with Gasteiger partial charge in [-0.1, -0.05) is 6.07 Å². The third-order valence-electron chi connectivity index (χ3n) is 3.04. The van der Waals surface area contributed by atoms with Gasteiger partial charge in [-0.3, -0.25) is 0 Å². The molecule has 1 aromatic heterocycles. The third kappa shape index (κ3) is 1.93. The molecule has 1 aliphatic rings. The van der Waals surface area contributed by atoms with Gasteiger partial charge in [-0.25, -0.2) is 0 Å². The van der Waals surface area contributed by atoms with Crippen LogP contribution < -0.4 is 4.90 Å². The molecule has 18 heavy (non-hydrogen) atoms. The summed E-state index contributed by atoms with van der Waals surface area (Å²) in [5.41, 5.74) is 1.38. The van der Waals surface area contributed by atoms with Crippen molar-refractivity contribution < 1.29 is 4.52 Å². The second-order valence-electron chi connectivity index (χ2n) is 4.29. The molecule has 90 valence electrons. The zero-order valence-electron chi connectivity index (χ0n) is 9.83. The van der Waals surface area contributed by atoms with Crippen molar-refractivity contribution in [2.45, 2.75) is 12.8 Å². The zero-order valence-corrected chi connectivity index (χ0v) is 9.83. The average molecular weight is 240 g/mol. The number of aromatic nitrogens is 2. The van der Waals surface area contributed by atoms with Gasteiger partial charge in [0.25, 0.3) is 11.8 Å². The van der Waals surface area contributed by atoms with Crippen molar-refractivity contribution in [2.24, 2.45) is 0 Å². The second kappa shape index (κ2) is 4.49. The molecule has 5 heteroatoms. The maximum Gasteiger partial charge on any atom is 0.266 e. The molecular formula is C13H12N4O. The fraction of sp³-hybridized carbons (Fsp3) is 0.308. The Kier molecular flexibility index (Phi) is 2.69. The molecule has 0 atom stereocenters. The molecule has 0 unspecified atom stereocenters. The predicted octanol–water partition coefficient (Wildman–Crippen LogP) is 2.21. The van der Waals surface area contributed by atoms with E-state index in [1.165, 1.54) is 12.8 Å². The first-order valence-corrected chi connectivity index (χ1v) is 5.96. The summed E-state index contributed by atoms with van der Waals surface area (Å²) < 4.78 is 5.25. The molecule has 5 nitrogen and oxygen atoms in total. The van der Waals surface area contributed by atoms with Gasteiger partial charge in [-0.15, -0.1) is 0 Å². The highest BCUT2D eigenvalue weighted by Gasteiger charge is 2.18. The van der Waals surface area contributed by atoms with Gasteiger partial charge in [0.15, 0.2) is 0 Å². The largest absolute Gasteiger partial charge is 0.338 e. The number of nitrogens with zero attached hydrogens (tertiary/aromatic N) is 4. The van der Waals surface area contributed by atoms with Gasteiger partial charge < -0.3 is 9.42 Å². The third-order valence-corrected chi connectivity index (χ3v) is 3.04. The van der Waals surface area contributed by atoms with Crippen LogP contribution in [-0.4, -0.2) is 23.2 Å². The molecule has 0 saturated carbocycles. The number of nitriles is 1. The molecule has 0 aliphatic carbocycles. The number of benzene rings is 1.